The third kappa shape index (κ3) is 6.09. The van der Waals surface area contributed by atoms with E-state index in [-0.39, 0.29) is 17.1 Å². The molecule has 138 valence electrons. The topological polar surface area (TPSA) is 92.3 Å². The lowest BCUT2D eigenvalue weighted by Crippen LogP contribution is -2.41. The molecule has 0 saturated heterocycles. The van der Waals surface area contributed by atoms with Gasteiger partial charge in [0.1, 0.15) is 0 Å². The standard InChI is InChI=1S/C19H22N2O4S/c1-15-11-13-17(14-12-15)26(24,25)21-20-19(23)10-6-5-9-18(22)16-7-3-2-4-8-16/h2-4,7-8,11-14,21H,5-6,9-10H2,1H3,(H,20,23). The zero-order chi connectivity index (χ0) is 19.0. The van der Waals surface area contributed by atoms with Crippen LogP contribution in [0.3, 0.4) is 0 Å². The maximum atomic E-state index is 12.1. The highest BCUT2D eigenvalue weighted by molar-refractivity contribution is 7.89. The van der Waals surface area contributed by atoms with E-state index < -0.39 is 15.9 Å². The summed E-state index contributed by atoms with van der Waals surface area (Å²) in [5.74, 6) is -0.404. The van der Waals surface area contributed by atoms with Crippen molar-refractivity contribution in [2.24, 2.45) is 0 Å². The van der Waals surface area contributed by atoms with Gasteiger partial charge >= 0.3 is 0 Å². The van der Waals surface area contributed by atoms with Crippen LogP contribution in [0.5, 0.6) is 0 Å². The quantitative estimate of drug-likeness (QED) is 0.401. The van der Waals surface area contributed by atoms with Gasteiger partial charge in [0.15, 0.2) is 5.78 Å². The van der Waals surface area contributed by atoms with Crippen LogP contribution in [0.2, 0.25) is 0 Å². The first-order chi connectivity index (χ1) is 12.4. The van der Waals surface area contributed by atoms with Crippen LogP contribution in [0.4, 0.5) is 0 Å². The number of ketones is 1. The van der Waals surface area contributed by atoms with Crippen molar-refractivity contribution in [3.8, 4) is 0 Å². The van der Waals surface area contributed by atoms with Gasteiger partial charge in [-0.2, -0.15) is 0 Å². The Labute approximate surface area is 153 Å². The van der Waals surface area contributed by atoms with Gasteiger partial charge in [0.2, 0.25) is 5.91 Å². The van der Waals surface area contributed by atoms with Crippen LogP contribution in [-0.2, 0) is 14.8 Å². The summed E-state index contributed by atoms with van der Waals surface area (Å²) >= 11 is 0. The lowest BCUT2D eigenvalue weighted by molar-refractivity contribution is -0.121. The summed E-state index contributed by atoms with van der Waals surface area (Å²) in [6, 6.07) is 15.3. The maximum absolute atomic E-state index is 12.1. The van der Waals surface area contributed by atoms with E-state index in [1.54, 1.807) is 36.4 Å². The minimum atomic E-state index is -3.79. The monoisotopic (exact) mass is 374 g/mol. The second kappa shape index (κ2) is 9.26. The van der Waals surface area contributed by atoms with Gasteiger partial charge in [0.25, 0.3) is 10.0 Å². The number of carbonyl (C=O) groups excluding carboxylic acids is 2. The Bertz CT molecular complexity index is 847. The first-order valence-electron chi connectivity index (χ1n) is 8.34. The number of Topliss-reactive ketones (excluding diaryl/α,β-unsaturated/α-hetero) is 1. The highest BCUT2D eigenvalue weighted by Crippen LogP contribution is 2.10. The molecule has 7 heteroatoms. The number of hydrogen-bond donors (Lipinski definition) is 2. The summed E-state index contributed by atoms with van der Waals surface area (Å²) in [5.41, 5.74) is 3.79. The number of aryl methyl sites for hydroxylation is 1. The molecule has 6 nitrogen and oxygen atoms in total. The van der Waals surface area contributed by atoms with E-state index in [1.165, 1.54) is 12.1 Å². The smallest absolute Gasteiger partial charge is 0.257 e. The van der Waals surface area contributed by atoms with Crippen LogP contribution >= 0.6 is 0 Å². The Balaban J connectivity index is 1.70. The number of rotatable bonds is 9. The summed E-state index contributed by atoms with van der Waals surface area (Å²) in [6.45, 7) is 1.86. The summed E-state index contributed by atoms with van der Waals surface area (Å²) in [5, 5.41) is 0. The molecule has 0 aliphatic carbocycles. The average molecular weight is 374 g/mol. The van der Waals surface area contributed by atoms with Crippen LogP contribution in [-0.4, -0.2) is 20.1 Å². The van der Waals surface area contributed by atoms with E-state index in [1.807, 2.05) is 13.0 Å². The van der Waals surface area contributed by atoms with Crippen molar-refractivity contribution >= 4 is 21.7 Å². The highest BCUT2D eigenvalue weighted by Gasteiger charge is 2.14. The molecule has 0 aliphatic heterocycles. The van der Waals surface area contributed by atoms with Crippen LogP contribution in [0.25, 0.3) is 0 Å². The van der Waals surface area contributed by atoms with Crippen molar-refractivity contribution in [3.05, 3.63) is 65.7 Å². The first-order valence-corrected chi connectivity index (χ1v) is 9.82. The molecule has 0 aromatic heterocycles. The molecule has 1 amide bonds. The number of hydrogen-bond acceptors (Lipinski definition) is 4. The molecule has 0 atom stereocenters. The minimum Gasteiger partial charge on any atom is -0.294 e. The highest BCUT2D eigenvalue weighted by atomic mass is 32.2. The van der Waals surface area contributed by atoms with Crippen molar-refractivity contribution in [2.45, 2.75) is 37.5 Å². The predicted octanol–water partition coefficient (Wildman–Crippen LogP) is 2.75. The Morgan fingerprint density at radius 3 is 2.15 bits per heavy atom. The molecule has 0 fully saturated rings. The third-order valence-electron chi connectivity index (χ3n) is 3.81. The van der Waals surface area contributed by atoms with E-state index in [4.69, 9.17) is 0 Å². The van der Waals surface area contributed by atoms with E-state index in [0.717, 1.165) is 5.56 Å². The molecule has 0 unspecified atom stereocenters. The molecule has 0 heterocycles. The molecule has 2 aromatic carbocycles. The Morgan fingerprint density at radius 1 is 0.885 bits per heavy atom. The Morgan fingerprint density at radius 2 is 1.50 bits per heavy atom. The summed E-state index contributed by atoms with van der Waals surface area (Å²) in [6.07, 6.45) is 1.55. The molecule has 0 radical (unpaired) electrons. The van der Waals surface area contributed by atoms with E-state index in [2.05, 4.69) is 10.3 Å². The van der Waals surface area contributed by atoms with E-state index >= 15 is 0 Å². The largest absolute Gasteiger partial charge is 0.294 e. The number of benzene rings is 2. The maximum Gasteiger partial charge on any atom is 0.257 e. The SMILES string of the molecule is Cc1ccc(S(=O)(=O)NNC(=O)CCCCC(=O)c2ccccc2)cc1. The summed E-state index contributed by atoms with van der Waals surface area (Å²) in [7, 11) is -3.79. The molecule has 0 spiro atoms. The average Bonchev–Trinajstić information content (AvgIpc) is 2.64. The zero-order valence-electron chi connectivity index (χ0n) is 14.6. The van der Waals surface area contributed by atoms with Crippen LogP contribution in [0, 0.1) is 6.92 Å². The fraction of sp³-hybridized carbons (Fsp3) is 0.263. The van der Waals surface area contributed by atoms with Crippen LogP contribution in [0.15, 0.2) is 59.5 Å². The lowest BCUT2D eigenvalue weighted by atomic mass is 10.0. The van der Waals surface area contributed by atoms with Gasteiger partial charge in [-0.15, -0.1) is 4.83 Å². The zero-order valence-corrected chi connectivity index (χ0v) is 15.4. The van der Waals surface area contributed by atoms with Crippen LogP contribution in [0.1, 0.15) is 41.6 Å². The molecule has 0 saturated carbocycles. The summed E-state index contributed by atoms with van der Waals surface area (Å²) in [4.78, 5) is 25.9. The van der Waals surface area contributed by atoms with E-state index in [0.29, 0.717) is 24.8 Å². The van der Waals surface area contributed by atoms with Gasteiger partial charge in [-0.3, -0.25) is 15.0 Å². The lowest BCUT2D eigenvalue weighted by Gasteiger charge is -2.08. The van der Waals surface area contributed by atoms with Crippen molar-refractivity contribution in [1.29, 1.82) is 0 Å². The van der Waals surface area contributed by atoms with Gasteiger partial charge in [-0.05, 0) is 31.9 Å². The first kappa shape index (κ1) is 19.8. The van der Waals surface area contributed by atoms with Crippen molar-refractivity contribution in [3.63, 3.8) is 0 Å². The number of carbonyl (C=O) groups is 2. The Hall–Kier alpha value is -2.51. The second-order valence-electron chi connectivity index (χ2n) is 5.96. The van der Waals surface area contributed by atoms with Gasteiger partial charge in [-0.1, -0.05) is 48.0 Å². The molecular weight excluding hydrogens is 352 g/mol. The van der Waals surface area contributed by atoms with Gasteiger partial charge < -0.3 is 0 Å². The minimum absolute atomic E-state index is 0.0334. The number of hydrazine groups is 1. The Kier molecular flexibility index (Phi) is 7.06. The fourth-order valence-corrected chi connectivity index (χ4v) is 3.16. The number of amides is 1. The van der Waals surface area contributed by atoms with Crippen LogP contribution < -0.4 is 10.3 Å². The molecule has 0 bridgehead atoms. The van der Waals surface area contributed by atoms with Crippen molar-refractivity contribution in [2.75, 3.05) is 0 Å². The van der Waals surface area contributed by atoms with Gasteiger partial charge in [0, 0.05) is 18.4 Å². The number of unbranched alkanes of at least 4 members (excludes halogenated alkanes) is 1. The second-order valence-corrected chi connectivity index (χ2v) is 7.65. The molecule has 2 rings (SSSR count). The molecule has 0 aliphatic rings. The molecule has 26 heavy (non-hydrogen) atoms. The predicted molar refractivity (Wildman–Crippen MR) is 98.9 cm³/mol. The van der Waals surface area contributed by atoms with Crippen molar-refractivity contribution < 1.29 is 18.0 Å². The molecular formula is C19H22N2O4S. The third-order valence-corrected chi connectivity index (χ3v) is 5.07. The van der Waals surface area contributed by atoms with Crippen molar-refractivity contribution in [1.82, 2.24) is 10.3 Å². The summed E-state index contributed by atoms with van der Waals surface area (Å²) < 4.78 is 24.1. The molecule has 2 N–H and O–H groups in total. The normalized spacial score (nSPS) is 11.1. The number of nitrogens with one attached hydrogen (secondary N) is 2. The number of sulfonamides is 1. The van der Waals surface area contributed by atoms with Gasteiger partial charge in [-0.25, -0.2) is 8.42 Å². The fourth-order valence-electron chi connectivity index (χ4n) is 2.30. The van der Waals surface area contributed by atoms with E-state index in [9.17, 15) is 18.0 Å². The molecule has 2 aromatic rings. The van der Waals surface area contributed by atoms with Gasteiger partial charge in [0.05, 0.1) is 4.90 Å².